The Balaban J connectivity index is 0.00000324. The summed E-state index contributed by atoms with van der Waals surface area (Å²) in [6.07, 6.45) is 2.84. The zero-order valence-corrected chi connectivity index (χ0v) is 13.2. The number of benzene rings is 1. The normalized spacial score (nSPS) is 11.6. The molecule has 0 spiro atoms. The highest BCUT2D eigenvalue weighted by Gasteiger charge is 2.15. The van der Waals surface area contributed by atoms with E-state index in [1.54, 1.807) is 6.07 Å². The van der Waals surface area contributed by atoms with Gasteiger partial charge in [-0.25, -0.2) is 4.39 Å². The molecule has 1 amide bonds. The Morgan fingerprint density at radius 1 is 1.53 bits per heavy atom. The molecule has 1 unspecified atom stereocenters. The van der Waals surface area contributed by atoms with Crippen LogP contribution in [0.2, 0.25) is 0 Å². The number of halogens is 3. The molecule has 0 radical (unpaired) electrons. The van der Waals surface area contributed by atoms with Gasteiger partial charge in [0.2, 0.25) is 0 Å². The molecule has 3 nitrogen and oxygen atoms in total. The van der Waals surface area contributed by atoms with E-state index in [9.17, 15) is 9.18 Å². The van der Waals surface area contributed by atoms with Crippen LogP contribution in [-0.4, -0.2) is 18.5 Å². The predicted octanol–water partition coefficient (Wildman–Crippen LogP) is 3.26. The number of unbranched alkanes of at least 4 members (excludes halogenated alkanes) is 1. The van der Waals surface area contributed by atoms with E-state index in [1.807, 2.05) is 0 Å². The van der Waals surface area contributed by atoms with E-state index in [0.29, 0.717) is 11.0 Å². The van der Waals surface area contributed by atoms with Gasteiger partial charge in [0.1, 0.15) is 5.82 Å². The smallest absolute Gasteiger partial charge is 0.254 e. The highest BCUT2D eigenvalue weighted by atomic mass is 79.9. The van der Waals surface area contributed by atoms with Crippen molar-refractivity contribution in [2.75, 3.05) is 6.54 Å². The van der Waals surface area contributed by atoms with Crippen LogP contribution in [0.4, 0.5) is 4.39 Å². The maximum atomic E-state index is 13.5. The fourth-order valence-electron chi connectivity index (χ4n) is 1.63. The SMILES string of the molecule is CCCCC(CN)NC(=O)c1cc(Br)ccc1F.Cl. The van der Waals surface area contributed by atoms with Gasteiger partial charge in [-0.3, -0.25) is 4.79 Å². The van der Waals surface area contributed by atoms with Crippen molar-refractivity contribution in [3.63, 3.8) is 0 Å². The first kappa shape index (κ1) is 18.4. The Morgan fingerprint density at radius 3 is 2.79 bits per heavy atom. The van der Waals surface area contributed by atoms with Crippen LogP contribution in [0.3, 0.4) is 0 Å². The van der Waals surface area contributed by atoms with Gasteiger partial charge >= 0.3 is 0 Å². The summed E-state index contributed by atoms with van der Waals surface area (Å²) >= 11 is 3.22. The lowest BCUT2D eigenvalue weighted by atomic mass is 10.1. The molecule has 0 saturated carbocycles. The number of hydrogen-bond acceptors (Lipinski definition) is 2. The van der Waals surface area contributed by atoms with Crippen LogP contribution in [0, 0.1) is 5.82 Å². The van der Waals surface area contributed by atoms with Gasteiger partial charge in [-0.05, 0) is 24.6 Å². The molecule has 0 bridgehead atoms. The van der Waals surface area contributed by atoms with Crippen LogP contribution in [-0.2, 0) is 0 Å². The molecule has 0 aliphatic carbocycles. The fourth-order valence-corrected chi connectivity index (χ4v) is 2.00. The molecule has 0 heterocycles. The average molecular weight is 354 g/mol. The second kappa shape index (κ2) is 9.28. The molecule has 1 aromatic carbocycles. The minimum Gasteiger partial charge on any atom is -0.348 e. The molecule has 1 rings (SSSR count). The zero-order chi connectivity index (χ0) is 13.5. The molecular weight excluding hydrogens is 335 g/mol. The van der Waals surface area contributed by atoms with Crippen molar-refractivity contribution < 1.29 is 9.18 Å². The molecule has 108 valence electrons. The summed E-state index contributed by atoms with van der Waals surface area (Å²) in [5.74, 6) is -0.942. The van der Waals surface area contributed by atoms with Gasteiger partial charge in [0.05, 0.1) is 5.56 Å². The van der Waals surface area contributed by atoms with Gasteiger partial charge in [-0.1, -0.05) is 35.7 Å². The third-order valence-corrected chi connectivity index (χ3v) is 3.19. The van der Waals surface area contributed by atoms with Crippen LogP contribution in [0.5, 0.6) is 0 Å². The van der Waals surface area contributed by atoms with Crippen LogP contribution in [0.15, 0.2) is 22.7 Å². The summed E-state index contributed by atoms with van der Waals surface area (Å²) in [4.78, 5) is 11.9. The lowest BCUT2D eigenvalue weighted by molar-refractivity contribution is 0.0931. The molecule has 3 N–H and O–H groups in total. The molecule has 1 atom stereocenters. The second-order valence-electron chi connectivity index (χ2n) is 4.17. The van der Waals surface area contributed by atoms with Crippen molar-refractivity contribution in [3.8, 4) is 0 Å². The molecule has 1 aromatic rings. The zero-order valence-electron chi connectivity index (χ0n) is 10.8. The van der Waals surface area contributed by atoms with E-state index in [0.717, 1.165) is 19.3 Å². The summed E-state index contributed by atoms with van der Waals surface area (Å²) in [6.45, 7) is 2.44. The van der Waals surface area contributed by atoms with Gasteiger partial charge < -0.3 is 11.1 Å². The number of nitrogens with two attached hydrogens (primary N) is 1. The molecule has 0 aliphatic heterocycles. The summed E-state index contributed by atoms with van der Waals surface area (Å²) in [5.41, 5.74) is 5.63. The van der Waals surface area contributed by atoms with Gasteiger partial charge in [0, 0.05) is 17.1 Å². The van der Waals surface area contributed by atoms with Gasteiger partial charge in [0.25, 0.3) is 5.91 Å². The number of rotatable bonds is 6. The van der Waals surface area contributed by atoms with Crippen LogP contribution in [0.25, 0.3) is 0 Å². The molecule has 0 fully saturated rings. The Hall–Kier alpha value is -0.650. The van der Waals surface area contributed by atoms with Crippen LogP contribution < -0.4 is 11.1 Å². The molecule has 19 heavy (non-hydrogen) atoms. The van der Waals surface area contributed by atoms with E-state index in [4.69, 9.17) is 5.73 Å². The Morgan fingerprint density at radius 2 is 2.21 bits per heavy atom. The number of hydrogen-bond donors (Lipinski definition) is 2. The largest absolute Gasteiger partial charge is 0.348 e. The first-order chi connectivity index (χ1) is 8.58. The Kier molecular flexibility index (Phi) is 8.97. The summed E-state index contributed by atoms with van der Waals surface area (Å²) in [5, 5.41) is 2.76. The van der Waals surface area contributed by atoms with E-state index >= 15 is 0 Å². The maximum absolute atomic E-state index is 13.5. The summed E-state index contributed by atoms with van der Waals surface area (Å²) < 4.78 is 14.2. The van der Waals surface area contributed by atoms with Crippen molar-refractivity contribution >= 4 is 34.2 Å². The topological polar surface area (TPSA) is 55.1 Å². The van der Waals surface area contributed by atoms with Gasteiger partial charge in [0.15, 0.2) is 0 Å². The van der Waals surface area contributed by atoms with E-state index in [1.165, 1.54) is 12.1 Å². The van der Waals surface area contributed by atoms with Crippen molar-refractivity contribution in [2.24, 2.45) is 5.73 Å². The maximum Gasteiger partial charge on any atom is 0.254 e. The first-order valence-corrected chi connectivity index (χ1v) is 6.83. The minimum absolute atomic E-state index is 0. The number of carbonyl (C=O) groups is 1. The molecule has 0 aromatic heterocycles. The lowest BCUT2D eigenvalue weighted by Crippen LogP contribution is -2.40. The fraction of sp³-hybridized carbons (Fsp3) is 0.462. The molecular formula is C13H19BrClFN2O. The molecule has 0 saturated heterocycles. The summed E-state index contributed by atoms with van der Waals surface area (Å²) in [7, 11) is 0. The van der Waals surface area contributed by atoms with Crippen LogP contribution >= 0.6 is 28.3 Å². The number of nitrogens with one attached hydrogen (secondary N) is 1. The monoisotopic (exact) mass is 352 g/mol. The Bertz CT molecular complexity index is 418. The predicted molar refractivity (Wildman–Crippen MR) is 81.2 cm³/mol. The quantitative estimate of drug-likeness (QED) is 0.825. The summed E-state index contributed by atoms with van der Waals surface area (Å²) in [6, 6.07) is 4.19. The van der Waals surface area contributed by atoms with Crippen LogP contribution in [0.1, 0.15) is 36.5 Å². The second-order valence-corrected chi connectivity index (χ2v) is 5.09. The van der Waals surface area contributed by atoms with E-state index in [-0.39, 0.29) is 24.0 Å². The highest BCUT2D eigenvalue weighted by molar-refractivity contribution is 9.10. The van der Waals surface area contributed by atoms with Gasteiger partial charge in [-0.15, -0.1) is 12.4 Å². The van der Waals surface area contributed by atoms with Crippen molar-refractivity contribution in [1.82, 2.24) is 5.32 Å². The molecule has 0 aliphatic rings. The third-order valence-electron chi connectivity index (χ3n) is 2.70. The average Bonchev–Trinajstić information content (AvgIpc) is 2.37. The van der Waals surface area contributed by atoms with Crippen molar-refractivity contribution in [1.29, 1.82) is 0 Å². The standard InChI is InChI=1S/C13H18BrFN2O.ClH/c1-2-3-4-10(8-16)17-13(18)11-7-9(14)5-6-12(11)15;/h5-7,10H,2-4,8,16H2,1H3,(H,17,18);1H. The van der Waals surface area contributed by atoms with Crippen molar-refractivity contribution in [2.45, 2.75) is 32.2 Å². The lowest BCUT2D eigenvalue weighted by Gasteiger charge is -2.16. The van der Waals surface area contributed by atoms with Crippen molar-refractivity contribution in [3.05, 3.63) is 34.1 Å². The minimum atomic E-state index is -0.526. The Labute approximate surface area is 127 Å². The first-order valence-electron chi connectivity index (χ1n) is 6.04. The van der Waals surface area contributed by atoms with E-state index < -0.39 is 11.7 Å². The third kappa shape index (κ3) is 5.89. The highest BCUT2D eigenvalue weighted by Crippen LogP contribution is 2.15. The number of carbonyl (C=O) groups excluding carboxylic acids is 1. The number of amides is 1. The molecule has 6 heteroatoms. The van der Waals surface area contributed by atoms with Gasteiger partial charge in [-0.2, -0.15) is 0 Å². The van der Waals surface area contributed by atoms with E-state index in [2.05, 4.69) is 28.2 Å².